The molecule has 174 valence electrons. The van der Waals surface area contributed by atoms with Gasteiger partial charge in [0.05, 0.1) is 28.4 Å². The molecule has 0 atom stereocenters. The zero-order valence-corrected chi connectivity index (χ0v) is 18.9. The lowest BCUT2D eigenvalue weighted by Gasteiger charge is -2.16. The summed E-state index contributed by atoms with van der Waals surface area (Å²) in [5.74, 6) is 1.74. The van der Waals surface area contributed by atoms with Gasteiger partial charge in [-0.15, -0.1) is 0 Å². The van der Waals surface area contributed by atoms with Crippen molar-refractivity contribution >= 4 is 5.97 Å². The predicted molar refractivity (Wildman–Crippen MR) is 121 cm³/mol. The first-order valence-electron chi connectivity index (χ1n) is 10.0. The molecule has 1 N–H and O–H groups in total. The molecule has 33 heavy (non-hydrogen) atoms. The average Bonchev–Trinajstić information content (AvgIpc) is 2.85. The summed E-state index contributed by atoms with van der Waals surface area (Å²) in [7, 11) is 6.24. The number of carboxylic acid groups (broad SMARTS) is 1. The summed E-state index contributed by atoms with van der Waals surface area (Å²) in [6.07, 6.45) is 0. The summed E-state index contributed by atoms with van der Waals surface area (Å²) < 4.78 is 33.0. The number of carbonyl (C=O) groups is 1. The fourth-order valence-corrected chi connectivity index (χ4v) is 3.16. The number of hydrogen-bond acceptors (Lipinski definition) is 7. The van der Waals surface area contributed by atoms with E-state index in [4.69, 9.17) is 28.4 Å². The molecule has 0 aliphatic carbocycles. The fourth-order valence-electron chi connectivity index (χ4n) is 3.16. The fraction of sp³-hybridized carbons (Fsp3) is 0.240. The van der Waals surface area contributed by atoms with Crippen molar-refractivity contribution in [1.82, 2.24) is 0 Å². The van der Waals surface area contributed by atoms with E-state index in [9.17, 15) is 9.90 Å². The molecule has 0 aliphatic heterocycles. The zero-order valence-electron chi connectivity index (χ0n) is 18.9. The standard InChI is InChI=1S/C25H26O8/c1-28-18-8-16(9-19(12-18)29-2)14-32-23-7-5-6-22(25(26)27)24(23)33-15-17-10-20(30-3)13-21(11-17)31-4/h5-13H,14-15H2,1-4H3,(H,26,27). The molecule has 0 fully saturated rings. The monoisotopic (exact) mass is 454 g/mol. The molecule has 0 aromatic heterocycles. The van der Waals surface area contributed by atoms with Crippen molar-refractivity contribution in [2.24, 2.45) is 0 Å². The second-order valence-electron chi connectivity index (χ2n) is 6.96. The quantitative estimate of drug-likeness (QED) is 0.450. The van der Waals surface area contributed by atoms with Crippen molar-refractivity contribution < 1.29 is 38.3 Å². The van der Waals surface area contributed by atoms with E-state index in [2.05, 4.69) is 0 Å². The van der Waals surface area contributed by atoms with Gasteiger partial charge in [0.25, 0.3) is 0 Å². The van der Waals surface area contributed by atoms with Crippen LogP contribution in [0.4, 0.5) is 0 Å². The van der Waals surface area contributed by atoms with Crippen LogP contribution in [0.15, 0.2) is 54.6 Å². The molecule has 3 aromatic rings. The van der Waals surface area contributed by atoms with Gasteiger partial charge in [-0.05, 0) is 47.5 Å². The minimum Gasteiger partial charge on any atom is -0.497 e. The smallest absolute Gasteiger partial charge is 0.339 e. The summed E-state index contributed by atoms with van der Waals surface area (Å²) >= 11 is 0. The molecule has 0 unspecified atom stereocenters. The number of benzene rings is 3. The lowest BCUT2D eigenvalue weighted by atomic mass is 10.1. The molecular formula is C25H26O8. The van der Waals surface area contributed by atoms with Gasteiger partial charge in [-0.3, -0.25) is 0 Å². The molecule has 0 bridgehead atoms. The summed E-state index contributed by atoms with van der Waals surface area (Å²) in [5, 5.41) is 9.66. The van der Waals surface area contributed by atoms with E-state index in [1.54, 1.807) is 64.8 Å². The maximum absolute atomic E-state index is 11.8. The van der Waals surface area contributed by atoms with Gasteiger partial charge in [0.2, 0.25) is 0 Å². The first kappa shape index (κ1) is 23.6. The minimum absolute atomic E-state index is 0.00872. The topological polar surface area (TPSA) is 92.7 Å². The molecule has 0 heterocycles. The summed E-state index contributed by atoms with van der Waals surface area (Å²) in [4.78, 5) is 11.8. The van der Waals surface area contributed by atoms with Gasteiger partial charge in [0.15, 0.2) is 11.5 Å². The van der Waals surface area contributed by atoms with Crippen LogP contribution >= 0.6 is 0 Å². The zero-order chi connectivity index (χ0) is 23.8. The highest BCUT2D eigenvalue weighted by Crippen LogP contribution is 2.34. The summed E-state index contributed by atoms with van der Waals surface area (Å²) in [5.41, 5.74) is 1.52. The highest BCUT2D eigenvalue weighted by Gasteiger charge is 2.18. The molecule has 0 saturated heterocycles. The normalized spacial score (nSPS) is 10.3. The molecule has 8 nitrogen and oxygen atoms in total. The van der Waals surface area contributed by atoms with Crippen LogP contribution in [-0.4, -0.2) is 39.5 Å². The Morgan fingerprint density at radius 3 is 1.58 bits per heavy atom. The Hall–Kier alpha value is -4.07. The highest BCUT2D eigenvalue weighted by atomic mass is 16.5. The van der Waals surface area contributed by atoms with Crippen molar-refractivity contribution in [3.8, 4) is 34.5 Å². The molecule has 8 heteroatoms. The van der Waals surface area contributed by atoms with Crippen LogP contribution in [0.3, 0.4) is 0 Å². The molecule has 0 saturated carbocycles. The van der Waals surface area contributed by atoms with E-state index >= 15 is 0 Å². The molecular weight excluding hydrogens is 428 g/mol. The predicted octanol–water partition coefficient (Wildman–Crippen LogP) is 4.58. The highest BCUT2D eigenvalue weighted by molar-refractivity contribution is 5.92. The molecule has 0 amide bonds. The van der Waals surface area contributed by atoms with Gasteiger partial charge in [0, 0.05) is 12.1 Å². The number of aromatic carboxylic acids is 1. The number of hydrogen-bond donors (Lipinski definition) is 1. The van der Waals surface area contributed by atoms with Gasteiger partial charge < -0.3 is 33.5 Å². The number of para-hydroxylation sites is 1. The van der Waals surface area contributed by atoms with Crippen molar-refractivity contribution in [3.05, 3.63) is 71.3 Å². The third-order valence-electron chi connectivity index (χ3n) is 4.81. The maximum atomic E-state index is 11.8. The Morgan fingerprint density at radius 1 is 0.697 bits per heavy atom. The van der Waals surface area contributed by atoms with Crippen LogP contribution in [0, 0.1) is 0 Å². The lowest BCUT2D eigenvalue weighted by Crippen LogP contribution is -2.07. The first-order valence-corrected chi connectivity index (χ1v) is 10.0. The Bertz CT molecular complexity index is 1070. The van der Waals surface area contributed by atoms with Crippen LogP contribution in [-0.2, 0) is 13.2 Å². The number of ether oxygens (including phenoxy) is 6. The van der Waals surface area contributed by atoms with Crippen LogP contribution < -0.4 is 28.4 Å². The van der Waals surface area contributed by atoms with E-state index < -0.39 is 5.97 Å². The largest absolute Gasteiger partial charge is 0.497 e. The summed E-state index contributed by atoms with van der Waals surface area (Å²) in [6, 6.07) is 15.4. The first-order chi connectivity index (χ1) is 16.0. The van der Waals surface area contributed by atoms with E-state index in [1.807, 2.05) is 12.1 Å². The molecule has 3 aromatic carbocycles. The third-order valence-corrected chi connectivity index (χ3v) is 4.81. The van der Waals surface area contributed by atoms with E-state index in [0.717, 1.165) is 11.1 Å². The van der Waals surface area contributed by atoms with E-state index in [-0.39, 0.29) is 24.5 Å². The SMILES string of the molecule is COc1cc(COc2cccc(C(=O)O)c2OCc2cc(OC)cc(OC)c2)cc(OC)c1. The third kappa shape index (κ3) is 6.00. The van der Waals surface area contributed by atoms with Gasteiger partial charge >= 0.3 is 5.97 Å². The number of methoxy groups -OCH3 is 4. The second-order valence-corrected chi connectivity index (χ2v) is 6.96. The van der Waals surface area contributed by atoms with E-state index in [0.29, 0.717) is 28.7 Å². The second kappa shape index (κ2) is 11.0. The molecule has 0 radical (unpaired) electrons. The molecule has 3 rings (SSSR count). The van der Waals surface area contributed by atoms with Gasteiger partial charge in [-0.2, -0.15) is 0 Å². The Balaban J connectivity index is 1.86. The number of carboxylic acids is 1. The van der Waals surface area contributed by atoms with Gasteiger partial charge in [-0.1, -0.05) is 6.07 Å². The maximum Gasteiger partial charge on any atom is 0.339 e. The molecule has 0 aliphatic rings. The van der Waals surface area contributed by atoms with Crippen molar-refractivity contribution in [2.75, 3.05) is 28.4 Å². The van der Waals surface area contributed by atoms with Crippen LogP contribution in [0.25, 0.3) is 0 Å². The van der Waals surface area contributed by atoms with Crippen LogP contribution in [0.5, 0.6) is 34.5 Å². The van der Waals surface area contributed by atoms with Crippen molar-refractivity contribution in [2.45, 2.75) is 13.2 Å². The average molecular weight is 454 g/mol. The van der Waals surface area contributed by atoms with E-state index in [1.165, 1.54) is 6.07 Å². The van der Waals surface area contributed by atoms with Crippen LogP contribution in [0.1, 0.15) is 21.5 Å². The van der Waals surface area contributed by atoms with Gasteiger partial charge in [-0.25, -0.2) is 4.79 Å². The Labute approximate surface area is 192 Å². The Kier molecular flexibility index (Phi) is 7.86. The molecule has 0 spiro atoms. The van der Waals surface area contributed by atoms with Crippen molar-refractivity contribution in [1.29, 1.82) is 0 Å². The summed E-state index contributed by atoms with van der Waals surface area (Å²) in [6.45, 7) is 0.237. The minimum atomic E-state index is -1.12. The lowest BCUT2D eigenvalue weighted by molar-refractivity contribution is 0.0690. The van der Waals surface area contributed by atoms with Crippen molar-refractivity contribution in [3.63, 3.8) is 0 Å². The van der Waals surface area contributed by atoms with Crippen LogP contribution in [0.2, 0.25) is 0 Å². The number of rotatable bonds is 11. The Morgan fingerprint density at radius 2 is 1.15 bits per heavy atom. The van der Waals surface area contributed by atoms with Gasteiger partial charge in [0.1, 0.15) is 41.8 Å².